The van der Waals surface area contributed by atoms with Gasteiger partial charge in [0.1, 0.15) is 5.82 Å². The van der Waals surface area contributed by atoms with Crippen molar-refractivity contribution >= 4 is 21.6 Å². The van der Waals surface area contributed by atoms with Crippen LogP contribution in [0.4, 0.5) is 10.1 Å². The van der Waals surface area contributed by atoms with Crippen LogP contribution >= 0.6 is 0 Å². The van der Waals surface area contributed by atoms with Gasteiger partial charge >= 0.3 is 0 Å². The van der Waals surface area contributed by atoms with E-state index in [4.69, 9.17) is 0 Å². The van der Waals surface area contributed by atoms with Crippen LogP contribution in [-0.4, -0.2) is 45.4 Å². The second-order valence-electron chi connectivity index (χ2n) is 6.58. The number of rotatable bonds is 7. The van der Waals surface area contributed by atoms with E-state index in [2.05, 4.69) is 27.1 Å². The Morgan fingerprint density at radius 3 is 2.61 bits per heavy atom. The molecule has 28 heavy (non-hydrogen) atoms. The van der Waals surface area contributed by atoms with Gasteiger partial charge in [-0.05, 0) is 42.8 Å². The van der Waals surface area contributed by atoms with E-state index in [1.165, 1.54) is 24.3 Å². The monoisotopic (exact) mass is 403 g/mol. The van der Waals surface area contributed by atoms with Crippen molar-refractivity contribution in [3.63, 3.8) is 0 Å². The van der Waals surface area contributed by atoms with Crippen molar-refractivity contribution in [1.82, 2.24) is 10.2 Å². The summed E-state index contributed by atoms with van der Waals surface area (Å²) in [4.78, 5) is 14.3. The van der Waals surface area contributed by atoms with Crippen molar-refractivity contribution in [2.24, 2.45) is 0 Å². The minimum atomic E-state index is -3.96. The Morgan fingerprint density at radius 2 is 1.89 bits per heavy atom. The van der Waals surface area contributed by atoms with Crippen molar-refractivity contribution in [2.75, 3.05) is 30.9 Å². The second kappa shape index (κ2) is 8.53. The Bertz CT molecular complexity index is 998. The molecule has 1 heterocycles. The highest BCUT2D eigenvalue weighted by Gasteiger charge is 2.17. The minimum absolute atomic E-state index is 0.176. The van der Waals surface area contributed by atoms with Gasteiger partial charge in [-0.25, -0.2) is 12.8 Å². The first-order valence-corrected chi connectivity index (χ1v) is 10.4. The van der Waals surface area contributed by atoms with Gasteiger partial charge < -0.3 is 5.32 Å². The molecule has 2 N–H and O–H groups in total. The zero-order valence-corrected chi connectivity index (χ0v) is 16.3. The molecule has 0 unspecified atom stereocenters. The number of anilines is 1. The van der Waals surface area contributed by atoms with Crippen molar-refractivity contribution in [2.45, 2.75) is 11.8 Å². The topological polar surface area (TPSA) is 78.5 Å². The third-order valence-corrected chi connectivity index (χ3v) is 5.82. The van der Waals surface area contributed by atoms with Crippen LogP contribution in [0.1, 0.15) is 15.9 Å². The number of nitrogens with one attached hydrogen (secondary N) is 2. The highest BCUT2D eigenvalue weighted by molar-refractivity contribution is 7.92. The Balaban J connectivity index is 1.64. The predicted octanol–water partition coefficient (Wildman–Crippen LogP) is 2.54. The number of carbonyl (C=O) groups excluding carboxylic acids is 1. The molecule has 6 nitrogen and oxygen atoms in total. The van der Waals surface area contributed by atoms with Gasteiger partial charge in [-0.1, -0.05) is 24.3 Å². The standard InChI is InChI=1S/C20H22FN3O3S/c1-15-7-8-18(14-19(15)21)28(26,27)23-17-6-4-5-16(13-17)20(25)22-9-12-24-10-2-3-11-24/h2-8,13-14,23H,9-12H2,1H3,(H,22,25). The van der Waals surface area contributed by atoms with Gasteiger partial charge in [0, 0.05) is 37.4 Å². The maximum atomic E-state index is 13.7. The normalized spacial score (nSPS) is 14.2. The number of hydrogen-bond donors (Lipinski definition) is 2. The predicted molar refractivity (Wildman–Crippen MR) is 106 cm³/mol. The van der Waals surface area contributed by atoms with E-state index in [0.717, 1.165) is 25.7 Å². The summed E-state index contributed by atoms with van der Waals surface area (Å²) in [7, 11) is -3.96. The van der Waals surface area contributed by atoms with Gasteiger partial charge in [-0.15, -0.1) is 0 Å². The minimum Gasteiger partial charge on any atom is -0.351 e. The number of sulfonamides is 1. The van der Waals surface area contributed by atoms with Gasteiger partial charge in [0.25, 0.3) is 15.9 Å². The summed E-state index contributed by atoms with van der Waals surface area (Å²) in [5.41, 5.74) is 0.939. The van der Waals surface area contributed by atoms with Crippen LogP contribution in [0.2, 0.25) is 0 Å². The van der Waals surface area contributed by atoms with Crippen LogP contribution < -0.4 is 10.0 Å². The molecular formula is C20H22FN3O3S. The molecule has 0 saturated heterocycles. The molecule has 0 aliphatic carbocycles. The van der Waals surface area contributed by atoms with E-state index in [1.807, 2.05) is 0 Å². The van der Waals surface area contributed by atoms with E-state index in [9.17, 15) is 17.6 Å². The van der Waals surface area contributed by atoms with Crippen molar-refractivity contribution in [3.8, 4) is 0 Å². The third-order valence-electron chi connectivity index (χ3n) is 4.44. The van der Waals surface area contributed by atoms with Gasteiger partial charge in [0.05, 0.1) is 4.90 Å². The van der Waals surface area contributed by atoms with Crippen LogP contribution in [0.5, 0.6) is 0 Å². The van der Waals surface area contributed by atoms with Crippen molar-refractivity contribution in [3.05, 3.63) is 71.6 Å². The molecule has 0 bridgehead atoms. The van der Waals surface area contributed by atoms with Crippen LogP contribution in [0.3, 0.4) is 0 Å². The zero-order chi connectivity index (χ0) is 20.1. The molecule has 1 aliphatic heterocycles. The summed E-state index contributed by atoms with van der Waals surface area (Å²) in [5.74, 6) is -0.876. The number of aryl methyl sites for hydroxylation is 1. The third kappa shape index (κ3) is 4.96. The average molecular weight is 403 g/mol. The number of benzene rings is 2. The fraction of sp³-hybridized carbons (Fsp3) is 0.250. The highest BCUT2D eigenvalue weighted by atomic mass is 32.2. The number of amides is 1. The number of halogens is 1. The zero-order valence-electron chi connectivity index (χ0n) is 15.5. The molecule has 0 spiro atoms. The van der Waals surface area contributed by atoms with Crippen molar-refractivity contribution < 1.29 is 17.6 Å². The van der Waals surface area contributed by atoms with Gasteiger partial charge in [-0.2, -0.15) is 0 Å². The smallest absolute Gasteiger partial charge is 0.261 e. The summed E-state index contributed by atoms with van der Waals surface area (Å²) in [5, 5.41) is 2.83. The molecule has 2 aromatic carbocycles. The Labute approximate surface area is 164 Å². The van der Waals surface area contributed by atoms with Crippen molar-refractivity contribution in [1.29, 1.82) is 0 Å². The van der Waals surface area contributed by atoms with Crippen LogP contribution in [0.15, 0.2) is 59.5 Å². The van der Waals surface area contributed by atoms with E-state index in [1.54, 1.807) is 19.1 Å². The Morgan fingerprint density at radius 1 is 1.14 bits per heavy atom. The molecule has 1 amide bonds. The quantitative estimate of drug-likeness (QED) is 0.697. The van der Waals surface area contributed by atoms with Crippen LogP contribution in [0.25, 0.3) is 0 Å². The molecule has 8 heteroatoms. The lowest BCUT2D eigenvalue weighted by Gasteiger charge is -2.15. The molecule has 1 aliphatic rings. The average Bonchev–Trinajstić information content (AvgIpc) is 3.17. The molecule has 0 radical (unpaired) electrons. The highest BCUT2D eigenvalue weighted by Crippen LogP contribution is 2.19. The second-order valence-corrected chi connectivity index (χ2v) is 8.27. The summed E-state index contributed by atoms with van der Waals surface area (Å²) in [6.07, 6.45) is 4.16. The number of carbonyl (C=O) groups is 1. The van der Waals surface area contributed by atoms with Gasteiger partial charge in [-0.3, -0.25) is 14.4 Å². The van der Waals surface area contributed by atoms with Gasteiger partial charge in [0.15, 0.2) is 0 Å². The summed E-state index contributed by atoms with van der Waals surface area (Å²) >= 11 is 0. The van der Waals surface area contributed by atoms with Crippen LogP contribution in [-0.2, 0) is 10.0 Å². The first-order chi connectivity index (χ1) is 13.3. The fourth-order valence-electron chi connectivity index (χ4n) is 2.81. The lowest BCUT2D eigenvalue weighted by Crippen LogP contribution is -2.33. The Hall–Kier alpha value is -2.71. The molecule has 148 valence electrons. The lowest BCUT2D eigenvalue weighted by atomic mass is 10.2. The largest absolute Gasteiger partial charge is 0.351 e. The maximum absolute atomic E-state index is 13.7. The molecule has 0 aromatic heterocycles. The number of hydrogen-bond acceptors (Lipinski definition) is 4. The number of nitrogens with zero attached hydrogens (tertiary/aromatic N) is 1. The van der Waals surface area contributed by atoms with E-state index in [0.29, 0.717) is 17.7 Å². The molecule has 3 rings (SSSR count). The molecule has 0 saturated carbocycles. The van der Waals surface area contributed by atoms with Gasteiger partial charge in [0.2, 0.25) is 0 Å². The first-order valence-electron chi connectivity index (χ1n) is 8.90. The fourth-order valence-corrected chi connectivity index (χ4v) is 3.87. The Kier molecular flexibility index (Phi) is 6.11. The van der Waals surface area contributed by atoms with E-state index < -0.39 is 15.8 Å². The summed E-state index contributed by atoms with van der Waals surface area (Å²) in [6.45, 7) is 4.56. The van der Waals surface area contributed by atoms with E-state index >= 15 is 0 Å². The SMILES string of the molecule is Cc1ccc(S(=O)(=O)Nc2cccc(C(=O)NCCN3CC=CC3)c2)cc1F. The van der Waals surface area contributed by atoms with Crippen LogP contribution in [0, 0.1) is 12.7 Å². The van der Waals surface area contributed by atoms with E-state index in [-0.39, 0.29) is 16.5 Å². The maximum Gasteiger partial charge on any atom is 0.261 e. The first kappa shape index (κ1) is 20.0. The molecule has 2 aromatic rings. The lowest BCUT2D eigenvalue weighted by molar-refractivity contribution is 0.0950. The molecular weight excluding hydrogens is 381 g/mol. The molecule has 0 atom stereocenters. The molecule has 0 fully saturated rings. The summed E-state index contributed by atoms with van der Waals surface area (Å²) < 4.78 is 41.0. The summed E-state index contributed by atoms with van der Waals surface area (Å²) in [6, 6.07) is 9.90.